The van der Waals surface area contributed by atoms with E-state index in [1.807, 2.05) is 0 Å². The minimum absolute atomic E-state index is 0.125. The summed E-state index contributed by atoms with van der Waals surface area (Å²) < 4.78 is 4.80. The van der Waals surface area contributed by atoms with Crippen molar-refractivity contribution in [2.45, 2.75) is 51.1 Å². The van der Waals surface area contributed by atoms with Crippen molar-refractivity contribution in [2.75, 3.05) is 7.11 Å². The van der Waals surface area contributed by atoms with Crippen LogP contribution in [0.4, 0.5) is 0 Å². The van der Waals surface area contributed by atoms with E-state index in [0.717, 1.165) is 32.1 Å². The molecule has 0 aromatic rings. The van der Waals surface area contributed by atoms with Gasteiger partial charge < -0.3 is 10.1 Å². The van der Waals surface area contributed by atoms with E-state index in [4.69, 9.17) is 4.74 Å². The average Bonchev–Trinajstić information content (AvgIpc) is 2.75. The Bertz CT molecular complexity index is 218. The summed E-state index contributed by atoms with van der Waals surface area (Å²) in [6.45, 7) is 2.13. The zero-order valence-electron chi connectivity index (χ0n) is 9.66. The molecule has 0 fully saturated rings. The van der Waals surface area contributed by atoms with Crippen LogP contribution in [0.2, 0.25) is 0 Å². The topological polar surface area (TPSA) is 38.3 Å². The summed E-state index contributed by atoms with van der Waals surface area (Å²) in [6, 6.07) is 0.297. The maximum absolute atomic E-state index is 11.5. The number of carbonyl (C=O) groups is 1. The van der Waals surface area contributed by atoms with Gasteiger partial charge >= 0.3 is 5.97 Å². The monoisotopic (exact) mass is 211 g/mol. The van der Waals surface area contributed by atoms with Crippen LogP contribution in [0.15, 0.2) is 12.2 Å². The second kappa shape index (κ2) is 6.62. The van der Waals surface area contributed by atoms with Crippen molar-refractivity contribution in [1.82, 2.24) is 5.32 Å². The van der Waals surface area contributed by atoms with Crippen LogP contribution >= 0.6 is 0 Å². The number of carbonyl (C=O) groups excluding carboxylic acids is 1. The number of unbranched alkanes of at least 4 members (excludes halogenated alkanes) is 1. The fraction of sp³-hybridized carbons (Fsp3) is 0.750. The number of ether oxygens (including phenoxy) is 1. The number of rotatable bonds is 6. The van der Waals surface area contributed by atoms with Gasteiger partial charge in [0, 0.05) is 6.04 Å². The van der Waals surface area contributed by atoms with E-state index < -0.39 is 0 Å². The highest BCUT2D eigenvalue weighted by molar-refractivity contribution is 5.75. The second-order valence-electron chi connectivity index (χ2n) is 4.02. The molecule has 0 bridgehead atoms. The summed E-state index contributed by atoms with van der Waals surface area (Å²) in [4.78, 5) is 11.5. The molecule has 1 rings (SSSR count). The highest BCUT2D eigenvalue weighted by atomic mass is 16.5. The van der Waals surface area contributed by atoms with E-state index in [2.05, 4.69) is 24.4 Å². The Balaban J connectivity index is 2.36. The molecule has 1 aliphatic rings. The van der Waals surface area contributed by atoms with E-state index >= 15 is 0 Å². The van der Waals surface area contributed by atoms with Crippen molar-refractivity contribution in [3.63, 3.8) is 0 Å². The number of hydrogen-bond donors (Lipinski definition) is 1. The molecule has 1 N–H and O–H groups in total. The third-order valence-corrected chi connectivity index (χ3v) is 2.78. The molecule has 0 aromatic heterocycles. The van der Waals surface area contributed by atoms with Gasteiger partial charge in [-0.15, -0.1) is 0 Å². The first-order chi connectivity index (χ1) is 7.27. The molecule has 86 valence electrons. The Kier molecular flexibility index (Phi) is 5.40. The van der Waals surface area contributed by atoms with E-state index in [0.29, 0.717) is 6.04 Å². The minimum atomic E-state index is -0.129. The first kappa shape index (κ1) is 12.2. The first-order valence-corrected chi connectivity index (χ1v) is 5.76. The Morgan fingerprint density at radius 2 is 2.20 bits per heavy atom. The smallest absolute Gasteiger partial charge is 0.322 e. The second-order valence-corrected chi connectivity index (χ2v) is 4.02. The summed E-state index contributed by atoms with van der Waals surface area (Å²) in [7, 11) is 1.45. The number of nitrogens with one attached hydrogen (secondary N) is 1. The first-order valence-electron chi connectivity index (χ1n) is 5.76. The quantitative estimate of drug-likeness (QED) is 0.539. The fourth-order valence-electron chi connectivity index (χ4n) is 1.86. The zero-order chi connectivity index (χ0) is 11.1. The molecule has 0 saturated heterocycles. The number of hydrogen-bond acceptors (Lipinski definition) is 3. The Labute approximate surface area is 91.9 Å². The van der Waals surface area contributed by atoms with Crippen LogP contribution in [-0.4, -0.2) is 25.2 Å². The van der Waals surface area contributed by atoms with Gasteiger partial charge in [-0.3, -0.25) is 4.79 Å². The molecule has 3 nitrogen and oxygen atoms in total. The van der Waals surface area contributed by atoms with Crippen LogP contribution in [-0.2, 0) is 9.53 Å². The van der Waals surface area contributed by atoms with Crippen molar-refractivity contribution >= 4 is 5.97 Å². The molecule has 0 heterocycles. The van der Waals surface area contributed by atoms with E-state index in [-0.39, 0.29) is 12.0 Å². The molecule has 0 radical (unpaired) electrons. The third-order valence-electron chi connectivity index (χ3n) is 2.78. The molecular formula is C12H21NO2. The summed E-state index contributed by atoms with van der Waals surface area (Å²) >= 11 is 0. The van der Waals surface area contributed by atoms with Crippen molar-refractivity contribution < 1.29 is 9.53 Å². The lowest BCUT2D eigenvalue weighted by atomic mass is 10.1. The van der Waals surface area contributed by atoms with E-state index in [1.165, 1.54) is 7.11 Å². The summed E-state index contributed by atoms with van der Waals surface area (Å²) in [5, 5.41) is 3.36. The highest BCUT2D eigenvalue weighted by Crippen LogP contribution is 2.12. The fourth-order valence-corrected chi connectivity index (χ4v) is 1.86. The molecule has 15 heavy (non-hydrogen) atoms. The maximum atomic E-state index is 11.5. The van der Waals surface area contributed by atoms with Gasteiger partial charge in [0.05, 0.1) is 7.11 Å². The molecule has 0 spiro atoms. The number of esters is 1. The van der Waals surface area contributed by atoms with Gasteiger partial charge in [0.2, 0.25) is 0 Å². The third kappa shape index (κ3) is 4.04. The lowest BCUT2D eigenvalue weighted by Gasteiger charge is -2.20. The van der Waals surface area contributed by atoms with Crippen molar-refractivity contribution in [3.8, 4) is 0 Å². The van der Waals surface area contributed by atoms with Crippen molar-refractivity contribution in [2.24, 2.45) is 0 Å². The largest absolute Gasteiger partial charge is 0.468 e. The van der Waals surface area contributed by atoms with Gasteiger partial charge in [-0.25, -0.2) is 0 Å². The molecule has 1 aliphatic carbocycles. The van der Waals surface area contributed by atoms with Crippen LogP contribution in [0.3, 0.4) is 0 Å². The predicted octanol–water partition coefficient (Wildman–Crippen LogP) is 2.03. The van der Waals surface area contributed by atoms with Crippen LogP contribution in [0.25, 0.3) is 0 Å². The lowest BCUT2D eigenvalue weighted by molar-refractivity contribution is -0.143. The Hall–Kier alpha value is -0.830. The van der Waals surface area contributed by atoms with E-state index in [9.17, 15) is 4.79 Å². The molecule has 3 heteroatoms. The highest BCUT2D eigenvalue weighted by Gasteiger charge is 2.22. The number of methoxy groups -OCH3 is 1. The predicted molar refractivity (Wildman–Crippen MR) is 60.6 cm³/mol. The Morgan fingerprint density at radius 1 is 1.53 bits per heavy atom. The lowest BCUT2D eigenvalue weighted by Crippen LogP contribution is -2.42. The van der Waals surface area contributed by atoms with Gasteiger partial charge in [-0.1, -0.05) is 31.9 Å². The standard InChI is InChI=1S/C12H21NO2/c1-3-4-9-11(12(14)15-2)13-10-7-5-6-8-10/h5-6,10-11,13H,3-4,7-9H2,1-2H3. The van der Waals surface area contributed by atoms with Crippen LogP contribution in [0, 0.1) is 0 Å². The van der Waals surface area contributed by atoms with Gasteiger partial charge in [-0.2, -0.15) is 0 Å². The van der Waals surface area contributed by atoms with Gasteiger partial charge in [0.25, 0.3) is 0 Å². The molecule has 0 aromatic carbocycles. The molecule has 1 unspecified atom stereocenters. The normalized spacial score (nSPS) is 18.0. The van der Waals surface area contributed by atoms with Crippen LogP contribution < -0.4 is 5.32 Å². The summed E-state index contributed by atoms with van der Waals surface area (Å²) in [5.74, 6) is -0.129. The summed E-state index contributed by atoms with van der Waals surface area (Å²) in [5.41, 5.74) is 0. The average molecular weight is 211 g/mol. The van der Waals surface area contributed by atoms with Gasteiger partial charge in [0.1, 0.15) is 6.04 Å². The summed E-state index contributed by atoms with van der Waals surface area (Å²) in [6.07, 6.45) is 9.42. The SMILES string of the molecule is CCCCC(NC1CC=CC1)C(=O)OC. The molecule has 0 saturated carbocycles. The van der Waals surface area contributed by atoms with Gasteiger partial charge in [0.15, 0.2) is 0 Å². The molecule has 0 aliphatic heterocycles. The van der Waals surface area contributed by atoms with Gasteiger partial charge in [-0.05, 0) is 19.3 Å². The maximum Gasteiger partial charge on any atom is 0.322 e. The minimum Gasteiger partial charge on any atom is -0.468 e. The molecule has 0 amide bonds. The van der Waals surface area contributed by atoms with Crippen LogP contribution in [0.1, 0.15) is 39.0 Å². The Morgan fingerprint density at radius 3 is 2.73 bits per heavy atom. The molecular weight excluding hydrogens is 190 g/mol. The van der Waals surface area contributed by atoms with E-state index in [1.54, 1.807) is 0 Å². The van der Waals surface area contributed by atoms with Crippen LogP contribution in [0.5, 0.6) is 0 Å². The zero-order valence-corrected chi connectivity index (χ0v) is 9.66. The van der Waals surface area contributed by atoms with Crippen molar-refractivity contribution in [3.05, 3.63) is 12.2 Å². The molecule has 1 atom stereocenters. The van der Waals surface area contributed by atoms with Crippen molar-refractivity contribution in [1.29, 1.82) is 0 Å².